The smallest absolute Gasteiger partial charge is 0.316 e. The lowest BCUT2D eigenvalue weighted by Gasteiger charge is -2.34. The van der Waals surface area contributed by atoms with Gasteiger partial charge in [-0.3, -0.25) is 9.59 Å². The molecule has 37 heavy (non-hydrogen) atoms. The van der Waals surface area contributed by atoms with Gasteiger partial charge in [0.2, 0.25) is 5.75 Å². The molecule has 1 aliphatic heterocycles. The van der Waals surface area contributed by atoms with E-state index >= 15 is 0 Å². The fourth-order valence-electron chi connectivity index (χ4n) is 5.94. The van der Waals surface area contributed by atoms with E-state index in [4.69, 9.17) is 16.3 Å². The zero-order valence-electron chi connectivity index (χ0n) is 20.9. The number of fused-ring (bicyclic) bond motifs is 1. The summed E-state index contributed by atoms with van der Waals surface area (Å²) in [6, 6.07) is 17.6. The second-order valence-electron chi connectivity index (χ2n) is 10.6. The van der Waals surface area contributed by atoms with E-state index < -0.39 is 5.56 Å². The van der Waals surface area contributed by atoms with Gasteiger partial charge in [-0.1, -0.05) is 66.9 Å². The lowest BCUT2D eigenvalue weighted by atomic mass is 9.83. The SMILES string of the molecule is O=C1c2c(OCc3ccccc3)c(=O)nc(C(c3ccc(Cl)cc3)C3CCCC3)n2CCN1CC1CC1. The number of hydrogen-bond acceptors (Lipinski definition) is 4. The van der Waals surface area contributed by atoms with Crippen LogP contribution in [0.4, 0.5) is 0 Å². The molecular formula is C30H32ClN3O3. The molecule has 0 spiro atoms. The molecule has 192 valence electrons. The Bertz CT molecular complexity index is 1330. The summed E-state index contributed by atoms with van der Waals surface area (Å²) in [5.41, 5.74) is 1.92. The van der Waals surface area contributed by atoms with Gasteiger partial charge in [0.05, 0.1) is 0 Å². The van der Waals surface area contributed by atoms with Crippen molar-refractivity contribution < 1.29 is 9.53 Å². The third-order valence-electron chi connectivity index (χ3n) is 8.04. The first-order chi connectivity index (χ1) is 18.1. The molecular weight excluding hydrogens is 486 g/mol. The van der Waals surface area contributed by atoms with Crippen LogP contribution in [0.1, 0.15) is 71.9 Å². The molecule has 6 nitrogen and oxygen atoms in total. The minimum absolute atomic E-state index is 0.0689. The molecule has 0 N–H and O–H groups in total. The van der Waals surface area contributed by atoms with E-state index in [1.165, 1.54) is 0 Å². The number of nitrogens with zero attached hydrogens (tertiary/aromatic N) is 3. The molecule has 7 heteroatoms. The Hall–Kier alpha value is -3.12. The van der Waals surface area contributed by atoms with Crippen molar-refractivity contribution in [1.29, 1.82) is 0 Å². The highest BCUT2D eigenvalue weighted by Crippen LogP contribution is 2.42. The van der Waals surface area contributed by atoms with Gasteiger partial charge in [-0.2, -0.15) is 4.98 Å². The van der Waals surface area contributed by atoms with Gasteiger partial charge in [0.15, 0.2) is 5.69 Å². The van der Waals surface area contributed by atoms with Gasteiger partial charge in [-0.15, -0.1) is 0 Å². The molecule has 2 heterocycles. The number of rotatable bonds is 8. The Labute approximate surface area is 222 Å². The van der Waals surface area contributed by atoms with Crippen molar-refractivity contribution in [3.05, 3.63) is 92.6 Å². The number of carbonyl (C=O) groups excluding carboxylic acids is 1. The summed E-state index contributed by atoms with van der Waals surface area (Å²) >= 11 is 6.21. The van der Waals surface area contributed by atoms with Crippen molar-refractivity contribution >= 4 is 17.5 Å². The predicted octanol–water partition coefficient (Wildman–Crippen LogP) is 5.66. The molecule has 2 aliphatic carbocycles. The summed E-state index contributed by atoms with van der Waals surface area (Å²) in [7, 11) is 0. The van der Waals surface area contributed by atoms with Crippen LogP contribution < -0.4 is 10.3 Å². The van der Waals surface area contributed by atoms with Crippen molar-refractivity contribution in [2.45, 2.75) is 57.6 Å². The fourth-order valence-corrected chi connectivity index (χ4v) is 6.07. The summed E-state index contributed by atoms with van der Waals surface area (Å²) < 4.78 is 8.07. The molecule has 3 aliphatic rings. The van der Waals surface area contributed by atoms with E-state index in [0.29, 0.717) is 41.5 Å². The van der Waals surface area contributed by atoms with Crippen LogP contribution in [0.25, 0.3) is 0 Å². The monoisotopic (exact) mass is 517 g/mol. The van der Waals surface area contributed by atoms with E-state index in [2.05, 4.69) is 4.98 Å². The van der Waals surface area contributed by atoms with Crippen LogP contribution in [0.15, 0.2) is 59.4 Å². The van der Waals surface area contributed by atoms with Crippen molar-refractivity contribution in [2.24, 2.45) is 11.8 Å². The van der Waals surface area contributed by atoms with Crippen LogP contribution in [0, 0.1) is 11.8 Å². The molecule has 2 aromatic carbocycles. The van der Waals surface area contributed by atoms with E-state index in [0.717, 1.165) is 56.2 Å². The molecule has 2 fully saturated rings. The second-order valence-corrected chi connectivity index (χ2v) is 11.1. The number of aromatic nitrogens is 2. The number of benzene rings is 2. The molecule has 0 saturated heterocycles. The first-order valence-corrected chi connectivity index (χ1v) is 13.8. The maximum atomic E-state index is 13.9. The van der Waals surface area contributed by atoms with Crippen LogP contribution in [-0.2, 0) is 13.2 Å². The average Bonchev–Trinajstić information content (AvgIpc) is 3.57. The fraction of sp³-hybridized carbons (Fsp3) is 0.433. The third-order valence-corrected chi connectivity index (χ3v) is 8.29. The molecule has 6 rings (SSSR count). The second kappa shape index (κ2) is 10.3. The van der Waals surface area contributed by atoms with Crippen molar-refractivity contribution in [3.8, 4) is 5.75 Å². The van der Waals surface area contributed by atoms with Crippen molar-refractivity contribution in [3.63, 3.8) is 0 Å². The Balaban J connectivity index is 1.46. The highest BCUT2D eigenvalue weighted by molar-refractivity contribution is 6.30. The largest absolute Gasteiger partial charge is 0.481 e. The summed E-state index contributed by atoms with van der Waals surface area (Å²) in [5, 5.41) is 0.677. The van der Waals surface area contributed by atoms with Crippen molar-refractivity contribution in [2.75, 3.05) is 13.1 Å². The minimum atomic E-state index is -0.462. The van der Waals surface area contributed by atoms with Gasteiger partial charge in [0.25, 0.3) is 5.91 Å². The van der Waals surface area contributed by atoms with Crippen LogP contribution in [0.3, 0.4) is 0 Å². The number of ether oxygens (including phenoxy) is 1. The van der Waals surface area contributed by atoms with Gasteiger partial charge < -0.3 is 14.2 Å². The van der Waals surface area contributed by atoms with Gasteiger partial charge in [0.1, 0.15) is 12.4 Å². The van der Waals surface area contributed by atoms with Crippen LogP contribution in [0.5, 0.6) is 5.75 Å². The Kier molecular flexibility index (Phi) is 6.76. The molecule has 2 saturated carbocycles. The maximum Gasteiger partial charge on any atom is 0.316 e. The predicted molar refractivity (Wildman–Crippen MR) is 143 cm³/mol. The van der Waals surface area contributed by atoms with E-state index in [-0.39, 0.29) is 24.2 Å². The van der Waals surface area contributed by atoms with Gasteiger partial charge in [-0.25, -0.2) is 0 Å². The summed E-state index contributed by atoms with van der Waals surface area (Å²) in [5.74, 6) is 1.48. The first kappa shape index (κ1) is 24.2. The Morgan fingerprint density at radius 3 is 2.38 bits per heavy atom. The third kappa shape index (κ3) is 5.04. The maximum absolute atomic E-state index is 13.9. The normalized spacial score (nSPS) is 18.6. The Morgan fingerprint density at radius 1 is 0.946 bits per heavy atom. The number of carbonyl (C=O) groups is 1. The first-order valence-electron chi connectivity index (χ1n) is 13.4. The molecule has 1 amide bonds. The zero-order chi connectivity index (χ0) is 25.4. The van der Waals surface area contributed by atoms with Crippen LogP contribution in [-0.4, -0.2) is 33.4 Å². The lowest BCUT2D eigenvalue weighted by Crippen LogP contribution is -2.45. The van der Waals surface area contributed by atoms with E-state index in [1.807, 2.05) is 64.1 Å². The van der Waals surface area contributed by atoms with Gasteiger partial charge >= 0.3 is 5.56 Å². The number of hydrogen-bond donors (Lipinski definition) is 0. The van der Waals surface area contributed by atoms with Gasteiger partial charge in [-0.05, 0) is 60.8 Å². The topological polar surface area (TPSA) is 64.4 Å². The summed E-state index contributed by atoms with van der Waals surface area (Å²) in [4.78, 5) is 34.0. The summed E-state index contributed by atoms with van der Waals surface area (Å²) in [6.07, 6.45) is 6.81. The summed E-state index contributed by atoms with van der Waals surface area (Å²) in [6.45, 7) is 2.18. The average molecular weight is 518 g/mol. The standard InChI is InChI=1S/C30H32ClN3O3/c31-24-14-12-23(13-15-24)25(22-8-4-5-9-22)28-32-29(35)27(37-19-21-6-2-1-3-7-21)26-30(36)33(16-17-34(26)28)18-20-10-11-20/h1-3,6-7,12-15,20,22,25H,4-5,8-11,16-19H2. The quantitative estimate of drug-likeness (QED) is 0.386. The molecule has 0 bridgehead atoms. The molecule has 1 unspecified atom stereocenters. The highest BCUT2D eigenvalue weighted by Gasteiger charge is 2.38. The molecule has 1 atom stereocenters. The number of halogens is 1. The highest BCUT2D eigenvalue weighted by atomic mass is 35.5. The number of amides is 1. The molecule has 3 aromatic rings. The molecule has 1 aromatic heterocycles. The van der Waals surface area contributed by atoms with Crippen LogP contribution in [0.2, 0.25) is 5.02 Å². The van der Waals surface area contributed by atoms with Crippen molar-refractivity contribution in [1.82, 2.24) is 14.5 Å². The van der Waals surface area contributed by atoms with E-state index in [9.17, 15) is 9.59 Å². The van der Waals surface area contributed by atoms with Crippen LogP contribution >= 0.6 is 11.6 Å². The van der Waals surface area contributed by atoms with E-state index in [1.54, 1.807) is 0 Å². The Morgan fingerprint density at radius 2 is 1.68 bits per heavy atom. The molecule has 0 radical (unpaired) electrons. The lowest BCUT2D eigenvalue weighted by molar-refractivity contribution is 0.0680. The minimum Gasteiger partial charge on any atom is -0.481 e. The van der Waals surface area contributed by atoms with Gasteiger partial charge in [0, 0.05) is 30.6 Å². The zero-order valence-corrected chi connectivity index (χ0v) is 21.7.